The van der Waals surface area contributed by atoms with E-state index in [1.807, 2.05) is 0 Å². The Hall–Kier alpha value is -1.64. The summed E-state index contributed by atoms with van der Waals surface area (Å²) >= 11 is 0. The van der Waals surface area contributed by atoms with Crippen LogP contribution < -0.4 is 5.53 Å². The highest BCUT2D eigenvalue weighted by atomic mass is 16.5. The summed E-state index contributed by atoms with van der Waals surface area (Å²) in [5.74, 6) is 0.506. The SMILES string of the molecule is OC[C@@H]1CC[C@H](N2NN=C3N=CN(O)C=C32)O1. The van der Waals surface area contributed by atoms with E-state index < -0.39 is 0 Å². The fourth-order valence-corrected chi connectivity index (χ4v) is 2.04. The maximum absolute atomic E-state index is 9.33. The van der Waals surface area contributed by atoms with Gasteiger partial charge in [0, 0.05) is 0 Å². The molecule has 0 amide bonds. The number of aliphatic imine (C=N–C) groups is 1. The van der Waals surface area contributed by atoms with E-state index in [9.17, 15) is 5.21 Å². The van der Waals surface area contributed by atoms with Crippen LogP contribution in [0.2, 0.25) is 0 Å². The van der Waals surface area contributed by atoms with Crippen molar-refractivity contribution in [1.29, 1.82) is 0 Å². The Labute approximate surface area is 97.4 Å². The van der Waals surface area contributed by atoms with Crippen LogP contribution in [0.4, 0.5) is 0 Å². The molecular formula is C9H13N5O3. The van der Waals surface area contributed by atoms with Crippen LogP contribution in [0.15, 0.2) is 22.0 Å². The Morgan fingerprint density at radius 1 is 1.53 bits per heavy atom. The summed E-state index contributed by atoms with van der Waals surface area (Å²) in [5.41, 5.74) is 3.45. The van der Waals surface area contributed by atoms with Crippen molar-refractivity contribution in [3.8, 4) is 0 Å². The molecule has 0 aliphatic carbocycles. The Morgan fingerprint density at radius 2 is 2.41 bits per heavy atom. The lowest BCUT2D eigenvalue weighted by Gasteiger charge is -2.27. The first kappa shape index (κ1) is 10.5. The molecule has 0 unspecified atom stereocenters. The number of nitrogens with one attached hydrogen (secondary N) is 1. The van der Waals surface area contributed by atoms with Crippen molar-refractivity contribution in [3.05, 3.63) is 11.9 Å². The summed E-state index contributed by atoms with van der Waals surface area (Å²) in [7, 11) is 0. The summed E-state index contributed by atoms with van der Waals surface area (Å²) in [6, 6.07) is 0. The standard InChI is InChI=1S/C9H13N5O3/c15-4-6-1-2-8(17-6)14-7-3-13(16)5-10-9(7)11-12-14/h3,5-6,8,12,15-16H,1-2,4H2/t6-,8+/m0/s1. The van der Waals surface area contributed by atoms with Crippen LogP contribution in [-0.2, 0) is 4.74 Å². The van der Waals surface area contributed by atoms with Crippen LogP contribution in [0.25, 0.3) is 0 Å². The van der Waals surface area contributed by atoms with Crippen molar-refractivity contribution in [1.82, 2.24) is 15.6 Å². The van der Waals surface area contributed by atoms with Gasteiger partial charge in [0.1, 0.15) is 12.0 Å². The minimum absolute atomic E-state index is 0.0153. The number of fused-ring (bicyclic) bond motifs is 1. The number of amidine groups is 1. The van der Waals surface area contributed by atoms with Gasteiger partial charge in [0.25, 0.3) is 0 Å². The van der Waals surface area contributed by atoms with Gasteiger partial charge in [0.05, 0.1) is 18.9 Å². The van der Waals surface area contributed by atoms with Crippen LogP contribution >= 0.6 is 0 Å². The fraction of sp³-hybridized carbons (Fsp3) is 0.556. The summed E-state index contributed by atoms with van der Waals surface area (Å²) in [5, 5.41) is 24.9. The van der Waals surface area contributed by atoms with Gasteiger partial charge in [0.15, 0.2) is 6.23 Å². The topological polar surface area (TPSA) is 92.9 Å². The number of aliphatic hydroxyl groups excluding tert-OH is 1. The number of hydroxylamine groups is 2. The van der Waals surface area contributed by atoms with Crippen LogP contribution in [0, 0.1) is 0 Å². The number of hydrogen-bond acceptors (Lipinski definition) is 8. The smallest absolute Gasteiger partial charge is 0.202 e. The molecule has 2 atom stereocenters. The third kappa shape index (κ3) is 1.75. The highest BCUT2D eigenvalue weighted by Crippen LogP contribution is 2.27. The zero-order chi connectivity index (χ0) is 11.8. The zero-order valence-corrected chi connectivity index (χ0v) is 9.02. The van der Waals surface area contributed by atoms with Crippen molar-refractivity contribution < 1.29 is 15.1 Å². The monoisotopic (exact) mass is 239 g/mol. The molecule has 17 heavy (non-hydrogen) atoms. The number of aliphatic hydroxyl groups is 1. The Balaban J connectivity index is 1.75. The van der Waals surface area contributed by atoms with Gasteiger partial charge in [-0.2, -0.15) is 0 Å². The number of nitrogens with zero attached hydrogens (tertiary/aromatic N) is 4. The number of ether oxygens (including phenoxy) is 1. The van der Waals surface area contributed by atoms with E-state index in [4.69, 9.17) is 9.84 Å². The minimum atomic E-state index is -0.207. The molecule has 3 heterocycles. The molecule has 0 aromatic heterocycles. The zero-order valence-electron chi connectivity index (χ0n) is 9.02. The van der Waals surface area contributed by atoms with Crippen LogP contribution in [0.5, 0.6) is 0 Å². The maximum atomic E-state index is 9.33. The lowest BCUT2D eigenvalue weighted by molar-refractivity contribution is -0.0688. The minimum Gasteiger partial charge on any atom is -0.394 e. The molecule has 0 saturated carbocycles. The third-order valence-corrected chi connectivity index (χ3v) is 2.88. The van der Waals surface area contributed by atoms with Gasteiger partial charge in [0.2, 0.25) is 5.84 Å². The lowest BCUT2D eigenvalue weighted by atomic mass is 10.2. The summed E-state index contributed by atoms with van der Waals surface area (Å²) in [4.78, 5) is 3.96. The molecule has 3 aliphatic rings. The summed E-state index contributed by atoms with van der Waals surface area (Å²) in [6.07, 6.45) is 4.01. The number of hydrogen-bond donors (Lipinski definition) is 3. The average molecular weight is 239 g/mol. The summed E-state index contributed by atoms with van der Waals surface area (Å²) < 4.78 is 5.63. The van der Waals surface area contributed by atoms with Gasteiger partial charge in [-0.05, 0) is 12.8 Å². The second-order valence-electron chi connectivity index (χ2n) is 4.02. The van der Waals surface area contributed by atoms with E-state index in [1.165, 1.54) is 12.5 Å². The molecule has 8 nitrogen and oxygen atoms in total. The predicted octanol–water partition coefficient (Wildman–Crippen LogP) is -0.808. The Morgan fingerprint density at radius 3 is 3.18 bits per heavy atom. The number of hydrazone groups is 1. The van der Waals surface area contributed by atoms with E-state index in [0.29, 0.717) is 11.5 Å². The van der Waals surface area contributed by atoms with E-state index in [1.54, 1.807) is 5.01 Å². The molecule has 92 valence electrons. The predicted molar refractivity (Wildman–Crippen MR) is 57.6 cm³/mol. The van der Waals surface area contributed by atoms with Gasteiger partial charge in [-0.15, -0.1) is 5.10 Å². The van der Waals surface area contributed by atoms with Gasteiger partial charge >= 0.3 is 0 Å². The van der Waals surface area contributed by atoms with Crippen LogP contribution in [-0.4, -0.2) is 51.5 Å². The summed E-state index contributed by atoms with van der Waals surface area (Å²) in [6.45, 7) is 0.0153. The quantitative estimate of drug-likeness (QED) is 0.583. The lowest BCUT2D eigenvalue weighted by Crippen LogP contribution is -2.41. The van der Waals surface area contributed by atoms with Crippen molar-refractivity contribution >= 4 is 12.2 Å². The van der Waals surface area contributed by atoms with Gasteiger partial charge < -0.3 is 9.84 Å². The molecule has 0 spiro atoms. The van der Waals surface area contributed by atoms with E-state index >= 15 is 0 Å². The maximum Gasteiger partial charge on any atom is 0.202 e. The number of rotatable bonds is 2. The number of hydrazine groups is 1. The molecule has 0 aromatic rings. The molecule has 3 N–H and O–H groups in total. The highest BCUT2D eigenvalue weighted by Gasteiger charge is 2.36. The molecule has 1 saturated heterocycles. The molecule has 0 aromatic carbocycles. The normalized spacial score (nSPS) is 31.2. The first-order chi connectivity index (χ1) is 8.28. The molecule has 8 heteroatoms. The van der Waals surface area contributed by atoms with E-state index in [0.717, 1.165) is 17.9 Å². The van der Waals surface area contributed by atoms with Gasteiger partial charge in [-0.3, -0.25) is 5.21 Å². The van der Waals surface area contributed by atoms with E-state index in [-0.39, 0.29) is 18.9 Å². The highest BCUT2D eigenvalue weighted by molar-refractivity contribution is 6.04. The van der Waals surface area contributed by atoms with Crippen molar-refractivity contribution in [2.75, 3.05) is 6.61 Å². The molecule has 3 aliphatic heterocycles. The second kappa shape index (κ2) is 3.99. The Bertz CT molecular complexity index is 407. The fourth-order valence-electron chi connectivity index (χ4n) is 2.04. The molecular weight excluding hydrogens is 226 g/mol. The molecule has 3 rings (SSSR count). The molecule has 1 fully saturated rings. The van der Waals surface area contributed by atoms with Crippen molar-refractivity contribution in [2.45, 2.75) is 25.2 Å². The van der Waals surface area contributed by atoms with Gasteiger partial charge in [-0.1, -0.05) is 0 Å². The first-order valence-electron chi connectivity index (χ1n) is 5.40. The molecule has 0 radical (unpaired) electrons. The van der Waals surface area contributed by atoms with Gasteiger partial charge in [-0.25, -0.2) is 20.6 Å². The van der Waals surface area contributed by atoms with Crippen molar-refractivity contribution in [3.63, 3.8) is 0 Å². The third-order valence-electron chi connectivity index (χ3n) is 2.88. The Kier molecular flexibility index (Phi) is 2.46. The largest absolute Gasteiger partial charge is 0.394 e. The molecule has 0 bridgehead atoms. The van der Waals surface area contributed by atoms with Crippen LogP contribution in [0.1, 0.15) is 12.8 Å². The second-order valence-corrected chi connectivity index (χ2v) is 4.02. The first-order valence-corrected chi connectivity index (χ1v) is 5.40. The van der Waals surface area contributed by atoms with Crippen LogP contribution in [0.3, 0.4) is 0 Å². The average Bonchev–Trinajstić information content (AvgIpc) is 2.93. The van der Waals surface area contributed by atoms with E-state index in [2.05, 4.69) is 15.6 Å². The van der Waals surface area contributed by atoms with Crippen molar-refractivity contribution in [2.24, 2.45) is 10.1 Å².